The molecule has 0 amide bonds. The fourth-order valence-corrected chi connectivity index (χ4v) is 4.91. The molecule has 0 N–H and O–H groups in total. The molecule has 1 unspecified atom stereocenters. The van der Waals surface area contributed by atoms with Crippen molar-refractivity contribution in [3.63, 3.8) is 0 Å². The Morgan fingerprint density at radius 2 is 1.60 bits per heavy atom. The van der Waals surface area contributed by atoms with Crippen molar-refractivity contribution in [3.05, 3.63) is 82.9 Å². The fourth-order valence-electron chi connectivity index (χ4n) is 3.99. The number of aryl methyl sites for hydroxylation is 1. The Kier molecular flexibility index (Phi) is 13.8. The van der Waals surface area contributed by atoms with Gasteiger partial charge < -0.3 is 29.2 Å². The molecule has 0 saturated carbocycles. The summed E-state index contributed by atoms with van der Waals surface area (Å²) in [5, 5.41) is 24.8. The van der Waals surface area contributed by atoms with Crippen molar-refractivity contribution in [2.24, 2.45) is 4.40 Å². The minimum atomic E-state index is -4.34. The molecule has 1 aliphatic heterocycles. The van der Waals surface area contributed by atoms with Gasteiger partial charge in [0, 0.05) is 11.5 Å². The number of aromatic carboxylic acids is 1. The maximum Gasteiger partial charge on any atom is 1.00 e. The smallest absolute Gasteiger partial charge is 0.858 e. The first-order valence-electron chi connectivity index (χ1n) is 12.1. The van der Waals surface area contributed by atoms with Crippen LogP contribution in [-0.4, -0.2) is 27.1 Å². The van der Waals surface area contributed by atoms with Crippen molar-refractivity contribution in [1.82, 2.24) is 0 Å². The normalized spacial score (nSPS) is 13.2. The zero-order valence-corrected chi connectivity index (χ0v) is 30.2. The first kappa shape index (κ1) is 35.4. The van der Waals surface area contributed by atoms with Crippen molar-refractivity contribution in [1.29, 1.82) is 0 Å². The number of ether oxygens (including phenoxy) is 3. The topological polar surface area (TPSA) is 137 Å². The van der Waals surface area contributed by atoms with Crippen LogP contribution in [0.4, 0.5) is 0 Å². The zero-order chi connectivity index (χ0) is 27.4. The number of carbonyl (C=O) groups is 1. The van der Waals surface area contributed by atoms with E-state index in [9.17, 15) is 23.4 Å². The van der Waals surface area contributed by atoms with Crippen LogP contribution >= 0.6 is 0 Å². The number of fused-ring (bicyclic) bond motifs is 1. The minimum Gasteiger partial charge on any atom is -0.858 e. The van der Waals surface area contributed by atoms with E-state index < -0.39 is 28.0 Å². The zero-order valence-electron chi connectivity index (χ0n) is 23.2. The van der Waals surface area contributed by atoms with Crippen LogP contribution in [0, 0.1) is 0 Å². The Morgan fingerprint density at radius 3 is 2.23 bits per heavy atom. The van der Waals surface area contributed by atoms with Gasteiger partial charge in [0.2, 0.25) is 6.79 Å². The molecule has 0 saturated heterocycles. The number of benzene rings is 3. The number of sulfonamides is 1. The number of carboxylic acids is 1. The van der Waals surface area contributed by atoms with E-state index in [0.717, 1.165) is 5.56 Å². The molecule has 200 valence electrons. The number of nitrogens with zero attached hydrogens (tertiary/aromatic N) is 1. The largest absolute Gasteiger partial charge is 1.00 e. The second-order valence-corrected chi connectivity index (χ2v) is 10.7. The van der Waals surface area contributed by atoms with Crippen LogP contribution in [0.1, 0.15) is 66.3 Å². The van der Waals surface area contributed by atoms with Crippen LogP contribution < -0.4 is 127 Å². The van der Waals surface area contributed by atoms with E-state index in [4.69, 9.17) is 14.2 Å². The third-order valence-corrected chi connectivity index (χ3v) is 7.33. The van der Waals surface area contributed by atoms with Crippen LogP contribution in [-0.2, 0) is 16.4 Å². The van der Waals surface area contributed by atoms with Crippen molar-refractivity contribution in [2.45, 2.75) is 50.5 Å². The molecule has 0 spiro atoms. The average Bonchev–Trinajstić information content (AvgIpc) is 3.35. The standard InChI is InChI=1S/C28H29NO8S.2K/c1-4-5-19-14-21(28(31)32)9-12-23(19)37-26(20-8-13-24-25(15-20)36-16-35-24)27(30)29-38(33,34)22-10-6-18(7-11-22)17(2)3;;/h6-15,17,26H,4-5,16H2,1-3H3,(H,29,30)(H,31,32);;/q;2*+1/p-2. The van der Waals surface area contributed by atoms with Crippen molar-refractivity contribution in [3.8, 4) is 17.2 Å². The second-order valence-electron chi connectivity index (χ2n) is 9.10. The Hall–Kier alpha value is -0.777. The monoisotopic (exact) mass is 615 g/mol. The van der Waals surface area contributed by atoms with Gasteiger partial charge in [-0.05, 0) is 71.5 Å². The summed E-state index contributed by atoms with van der Waals surface area (Å²) in [5.41, 5.74) is 1.73. The number of hydrogen-bond donors (Lipinski definition) is 0. The van der Waals surface area contributed by atoms with Gasteiger partial charge in [-0.1, -0.05) is 45.4 Å². The molecule has 4 rings (SSSR count). The van der Waals surface area contributed by atoms with Gasteiger partial charge in [-0.2, -0.15) is 12.8 Å². The summed E-state index contributed by atoms with van der Waals surface area (Å²) in [6.45, 7) is 5.88. The van der Waals surface area contributed by atoms with Crippen molar-refractivity contribution in [2.75, 3.05) is 6.79 Å². The van der Waals surface area contributed by atoms with E-state index >= 15 is 0 Å². The molecule has 1 atom stereocenters. The molecule has 0 aromatic heterocycles. The molecule has 9 nitrogen and oxygen atoms in total. The predicted molar refractivity (Wildman–Crippen MR) is 136 cm³/mol. The Morgan fingerprint density at radius 1 is 0.950 bits per heavy atom. The molecule has 0 radical (unpaired) electrons. The quantitative estimate of drug-likeness (QED) is 0.135. The molecule has 40 heavy (non-hydrogen) atoms. The molecule has 12 heteroatoms. The van der Waals surface area contributed by atoms with Crippen LogP contribution in [0.15, 0.2) is 70.0 Å². The van der Waals surface area contributed by atoms with Gasteiger partial charge in [0.25, 0.3) is 10.0 Å². The predicted octanol–water partition coefficient (Wildman–Crippen LogP) is -2.87. The van der Waals surface area contributed by atoms with E-state index in [1.807, 2.05) is 20.8 Å². The third kappa shape index (κ3) is 8.63. The summed E-state index contributed by atoms with van der Waals surface area (Å²) >= 11 is 0. The molecule has 3 aromatic rings. The number of carbonyl (C=O) groups excluding carboxylic acids is 1. The Labute approximate surface area is 319 Å². The van der Waals surface area contributed by atoms with E-state index in [1.165, 1.54) is 36.4 Å². The maximum absolute atomic E-state index is 13.4. The number of hydrogen-bond acceptors (Lipinski definition) is 8. The summed E-state index contributed by atoms with van der Waals surface area (Å²) in [5.74, 6) is -1.13. The van der Waals surface area contributed by atoms with Crippen LogP contribution in [0.5, 0.6) is 17.2 Å². The molecule has 1 aliphatic rings. The first-order valence-corrected chi connectivity index (χ1v) is 13.6. The van der Waals surface area contributed by atoms with Crippen molar-refractivity contribution < 1.29 is 140 Å². The summed E-state index contributed by atoms with van der Waals surface area (Å²) in [7, 11) is -4.34. The van der Waals surface area contributed by atoms with Gasteiger partial charge >= 0.3 is 103 Å². The van der Waals surface area contributed by atoms with E-state index in [2.05, 4.69) is 4.40 Å². The fraction of sp³-hybridized carbons (Fsp3) is 0.286. The van der Waals surface area contributed by atoms with Gasteiger partial charge in [0.1, 0.15) is 5.75 Å². The van der Waals surface area contributed by atoms with Gasteiger partial charge in [-0.15, -0.1) is 0 Å². The molecule has 0 aliphatic carbocycles. The van der Waals surface area contributed by atoms with Crippen molar-refractivity contribution >= 4 is 21.9 Å². The van der Waals surface area contributed by atoms with E-state index in [1.54, 1.807) is 24.3 Å². The Balaban J connectivity index is 0.00000280. The van der Waals surface area contributed by atoms with Crippen LogP contribution in [0.25, 0.3) is 0 Å². The summed E-state index contributed by atoms with van der Waals surface area (Å²) in [6.07, 6.45) is -0.338. The van der Waals surface area contributed by atoms with Gasteiger partial charge in [0.05, 0.1) is 10.9 Å². The molecule has 0 fully saturated rings. The number of carboxylic acid groups (broad SMARTS) is 1. The molecule has 0 bridgehead atoms. The first-order chi connectivity index (χ1) is 18.1. The minimum absolute atomic E-state index is 0. The molecular weight excluding hydrogens is 589 g/mol. The van der Waals surface area contributed by atoms with Crippen LogP contribution in [0.2, 0.25) is 0 Å². The summed E-state index contributed by atoms with van der Waals surface area (Å²) in [4.78, 5) is 11.2. The number of rotatable bonds is 10. The van der Waals surface area contributed by atoms with Gasteiger partial charge in [0.15, 0.2) is 17.6 Å². The average molecular weight is 616 g/mol. The second kappa shape index (κ2) is 15.6. The van der Waals surface area contributed by atoms with Gasteiger partial charge in [-0.25, -0.2) is 0 Å². The van der Waals surface area contributed by atoms with E-state index in [0.29, 0.717) is 35.5 Å². The third-order valence-electron chi connectivity index (χ3n) is 6.04. The Bertz CT molecular complexity index is 1470. The molecule has 3 aromatic carbocycles. The van der Waals surface area contributed by atoms with E-state index in [-0.39, 0.29) is 132 Å². The maximum atomic E-state index is 13.4. The van der Waals surface area contributed by atoms with Crippen LogP contribution in [0.3, 0.4) is 0 Å². The van der Waals surface area contributed by atoms with Gasteiger partial charge in [-0.3, -0.25) is 0 Å². The molecule has 1 heterocycles. The molecular formula is C28H27K2NO8S. The summed E-state index contributed by atoms with van der Waals surface area (Å²) in [6, 6.07) is 15.0. The summed E-state index contributed by atoms with van der Waals surface area (Å²) < 4.78 is 46.4. The SMILES string of the molecule is CCCc1cc(C(=O)[O-])ccc1OC(/C([O-])=N\S(=O)(=O)c1ccc(C(C)C)cc1)c1ccc2c(c1)OCO2.[K+].[K+].